The number of piperidine rings is 1. The molecule has 2 aliphatic heterocycles. The summed E-state index contributed by atoms with van der Waals surface area (Å²) >= 11 is 0. The molecule has 34 heavy (non-hydrogen) atoms. The first-order chi connectivity index (χ1) is 16.4. The van der Waals surface area contributed by atoms with Gasteiger partial charge in [-0.15, -0.1) is 0 Å². The standard InChI is InChI=1S/C25H32N2O6S/c1-3-31-25(28)21-13-15-27(16-14-21)34(29,30)23-18-33-26(2)24(23)20-9-11-22(12-10-20)32-17-19-7-5-4-6-8-19/h4-12,21,23-24H,3,13-18H2,1-2H3. The molecule has 2 heterocycles. The van der Waals surface area contributed by atoms with E-state index >= 15 is 0 Å². The van der Waals surface area contributed by atoms with Crippen molar-refractivity contribution >= 4 is 16.0 Å². The quantitative estimate of drug-likeness (QED) is 0.528. The fourth-order valence-electron chi connectivity index (χ4n) is 4.57. The van der Waals surface area contributed by atoms with Gasteiger partial charge in [-0.3, -0.25) is 9.63 Å². The normalized spacial score (nSPS) is 22.5. The van der Waals surface area contributed by atoms with Crippen molar-refractivity contribution in [3.05, 3.63) is 65.7 Å². The summed E-state index contributed by atoms with van der Waals surface area (Å²) in [6, 6.07) is 17.0. The minimum Gasteiger partial charge on any atom is -0.489 e. The van der Waals surface area contributed by atoms with Crippen molar-refractivity contribution < 1.29 is 27.5 Å². The first kappa shape index (κ1) is 24.7. The van der Waals surface area contributed by atoms with Crippen LogP contribution in [0.4, 0.5) is 0 Å². The van der Waals surface area contributed by atoms with Gasteiger partial charge in [0.2, 0.25) is 10.0 Å². The Morgan fingerprint density at radius 1 is 1.06 bits per heavy atom. The Balaban J connectivity index is 1.42. The van der Waals surface area contributed by atoms with E-state index in [4.69, 9.17) is 14.3 Å². The van der Waals surface area contributed by atoms with E-state index in [-0.39, 0.29) is 18.5 Å². The Bertz CT molecular complexity index is 1050. The van der Waals surface area contributed by atoms with Crippen molar-refractivity contribution in [3.8, 4) is 5.75 Å². The molecule has 8 nitrogen and oxygen atoms in total. The second-order valence-corrected chi connectivity index (χ2v) is 10.8. The lowest BCUT2D eigenvalue weighted by Crippen LogP contribution is -2.46. The lowest BCUT2D eigenvalue weighted by molar-refractivity contribution is -0.149. The van der Waals surface area contributed by atoms with Gasteiger partial charge in [0.15, 0.2) is 0 Å². The van der Waals surface area contributed by atoms with E-state index in [1.165, 1.54) is 4.31 Å². The van der Waals surface area contributed by atoms with Crippen LogP contribution in [0, 0.1) is 5.92 Å². The largest absolute Gasteiger partial charge is 0.489 e. The molecule has 0 bridgehead atoms. The molecule has 0 saturated carbocycles. The molecule has 0 amide bonds. The van der Waals surface area contributed by atoms with E-state index in [0.717, 1.165) is 16.9 Å². The van der Waals surface area contributed by atoms with E-state index < -0.39 is 21.3 Å². The fraction of sp³-hybridized carbons (Fsp3) is 0.480. The van der Waals surface area contributed by atoms with Gasteiger partial charge in [0, 0.05) is 20.1 Å². The van der Waals surface area contributed by atoms with E-state index in [1.807, 2.05) is 54.6 Å². The van der Waals surface area contributed by atoms with Crippen molar-refractivity contribution in [1.29, 1.82) is 0 Å². The lowest BCUT2D eigenvalue weighted by atomic mass is 9.98. The Hall–Kier alpha value is -2.46. The first-order valence-corrected chi connectivity index (χ1v) is 13.2. The fourth-order valence-corrected chi connectivity index (χ4v) is 6.56. The second kappa shape index (κ2) is 10.9. The van der Waals surface area contributed by atoms with E-state index in [0.29, 0.717) is 39.1 Å². The Morgan fingerprint density at radius 3 is 2.38 bits per heavy atom. The third kappa shape index (κ3) is 5.43. The average molecular weight is 489 g/mol. The molecule has 2 aromatic rings. The minimum atomic E-state index is -3.63. The van der Waals surface area contributed by atoms with Crippen LogP contribution in [-0.2, 0) is 31.0 Å². The van der Waals surface area contributed by atoms with Gasteiger partial charge in [0.1, 0.15) is 17.6 Å². The van der Waals surface area contributed by atoms with Crippen LogP contribution in [0.1, 0.15) is 36.9 Å². The highest BCUT2D eigenvalue weighted by atomic mass is 32.2. The predicted molar refractivity (Wildman–Crippen MR) is 127 cm³/mol. The average Bonchev–Trinajstić information content (AvgIpc) is 3.26. The first-order valence-electron chi connectivity index (χ1n) is 11.7. The molecule has 0 aliphatic carbocycles. The van der Waals surface area contributed by atoms with E-state index in [2.05, 4.69) is 0 Å². The highest BCUT2D eigenvalue weighted by Gasteiger charge is 2.46. The third-order valence-corrected chi connectivity index (χ3v) is 8.72. The molecule has 2 fully saturated rings. The third-order valence-electron chi connectivity index (χ3n) is 6.47. The number of carbonyl (C=O) groups excluding carboxylic acids is 1. The number of carbonyl (C=O) groups is 1. The van der Waals surface area contributed by atoms with Crippen molar-refractivity contribution in [2.75, 3.05) is 33.4 Å². The number of ether oxygens (including phenoxy) is 2. The van der Waals surface area contributed by atoms with Crippen molar-refractivity contribution in [3.63, 3.8) is 0 Å². The smallest absolute Gasteiger partial charge is 0.309 e. The van der Waals surface area contributed by atoms with Crippen molar-refractivity contribution in [2.45, 2.75) is 37.7 Å². The number of sulfonamides is 1. The van der Waals surface area contributed by atoms with Gasteiger partial charge in [0.05, 0.1) is 25.2 Å². The highest BCUT2D eigenvalue weighted by Crippen LogP contribution is 2.36. The summed E-state index contributed by atoms with van der Waals surface area (Å²) in [5, 5.41) is 0.890. The zero-order chi connectivity index (χ0) is 24.1. The summed E-state index contributed by atoms with van der Waals surface area (Å²) in [6.07, 6.45) is 0.944. The van der Waals surface area contributed by atoms with Crippen LogP contribution in [0.5, 0.6) is 5.75 Å². The van der Waals surface area contributed by atoms with Crippen molar-refractivity contribution in [1.82, 2.24) is 9.37 Å². The highest BCUT2D eigenvalue weighted by molar-refractivity contribution is 7.89. The van der Waals surface area contributed by atoms with Crippen molar-refractivity contribution in [2.24, 2.45) is 5.92 Å². The van der Waals surface area contributed by atoms with Gasteiger partial charge < -0.3 is 9.47 Å². The topological polar surface area (TPSA) is 85.4 Å². The molecule has 2 saturated heterocycles. The van der Waals surface area contributed by atoms with Gasteiger partial charge in [-0.1, -0.05) is 42.5 Å². The number of hydroxylamine groups is 2. The maximum atomic E-state index is 13.5. The number of hydrogen-bond acceptors (Lipinski definition) is 7. The number of rotatable bonds is 8. The summed E-state index contributed by atoms with van der Waals surface area (Å²) in [4.78, 5) is 17.7. The summed E-state index contributed by atoms with van der Waals surface area (Å²) < 4.78 is 39.5. The monoisotopic (exact) mass is 488 g/mol. The summed E-state index contributed by atoms with van der Waals surface area (Å²) in [7, 11) is -1.87. The number of nitrogens with zero attached hydrogens (tertiary/aromatic N) is 2. The van der Waals surface area contributed by atoms with Gasteiger partial charge in [-0.25, -0.2) is 12.7 Å². The SMILES string of the molecule is CCOC(=O)C1CCN(S(=O)(=O)C2CON(C)C2c2ccc(OCc3ccccc3)cc2)CC1. The summed E-state index contributed by atoms with van der Waals surface area (Å²) in [5.74, 6) is 0.235. The molecule has 2 aromatic carbocycles. The Morgan fingerprint density at radius 2 is 1.74 bits per heavy atom. The zero-order valence-corrected chi connectivity index (χ0v) is 20.4. The Labute approximate surface area is 201 Å². The van der Waals surface area contributed by atoms with E-state index in [9.17, 15) is 13.2 Å². The zero-order valence-electron chi connectivity index (χ0n) is 19.6. The molecule has 0 N–H and O–H groups in total. The predicted octanol–water partition coefficient (Wildman–Crippen LogP) is 3.16. The van der Waals surface area contributed by atoms with Crippen LogP contribution in [0.2, 0.25) is 0 Å². The van der Waals surface area contributed by atoms with Crippen LogP contribution < -0.4 is 4.74 Å². The maximum Gasteiger partial charge on any atom is 0.309 e. The van der Waals surface area contributed by atoms with Crippen LogP contribution in [0.15, 0.2) is 54.6 Å². The molecule has 184 valence electrons. The van der Waals surface area contributed by atoms with Crippen LogP contribution >= 0.6 is 0 Å². The molecular weight excluding hydrogens is 456 g/mol. The summed E-state index contributed by atoms with van der Waals surface area (Å²) in [5.41, 5.74) is 1.93. The Kier molecular flexibility index (Phi) is 7.88. The van der Waals surface area contributed by atoms with Crippen LogP contribution in [0.25, 0.3) is 0 Å². The molecular formula is C25H32N2O6S. The van der Waals surface area contributed by atoms with Gasteiger partial charge in [-0.05, 0) is 43.0 Å². The molecule has 2 aliphatic rings. The van der Waals surface area contributed by atoms with E-state index in [1.54, 1.807) is 19.0 Å². The molecule has 2 atom stereocenters. The molecule has 0 radical (unpaired) electrons. The van der Waals surface area contributed by atoms with Gasteiger partial charge in [0.25, 0.3) is 0 Å². The second-order valence-electron chi connectivity index (χ2n) is 8.64. The molecule has 9 heteroatoms. The summed E-state index contributed by atoms with van der Waals surface area (Å²) in [6.45, 7) is 3.28. The lowest BCUT2D eigenvalue weighted by Gasteiger charge is -2.33. The number of hydrogen-bond donors (Lipinski definition) is 0. The molecule has 4 rings (SSSR count). The minimum absolute atomic E-state index is 0.0908. The number of esters is 1. The van der Waals surface area contributed by atoms with Crippen LogP contribution in [0.3, 0.4) is 0 Å². The molecule has 0 aromatic heterocycles. The molecule has 0 spiro atoms. The van der Waals surface area contributed by atoms with Gasteiger partial charge >= 0.3 is 5.97 Å². The van der Waals surface area contributed by atoms with Gasteiger partial charge in [-0.2, -0.15) is 5.06 Å². The maximum absolute atomic E-state index is 13.5. The number of benzene rings is 2. The molecule has 2 unspecified atom stereocenters. The van der Waals surface area contributed by atoms with Crippen LogP contribution in [-0.4, -0.2) is 62.4 Å².